The van der Waals surface area contributed by atoms with Crippen molar-refractivity contribution in [3.8, 4) is 0 Å². The van der Waals surface area contributed by atoms with Gasteiger partial charge in [-0.2, -0.15) is 0 Å². The molecular weight excluding hydrogens is 114 g/mol. The van der Waals surface area contributed by atoms with Crippen LogP contribution in [0.1, 0.15) is 20.3 Å². The van der Waals surface area contributed by atoms with Gasteiger partial charge in [0.05, 0.1) is 0 Å². The fourth-order valence-electron chi connectivity index (χ4n) is 0.494. The molecule has 0 saturated heterocycles. The molecule has 0 aliphatic rings. The molecule has 2 heteroatoms. The van der Waals surface area contributed by atoms with Gasteiger partial charge in [0.2, 0.25) is 5.91 Å². The Bertz CT molecular complexity index is 107. The van der Waals surface area contributed by atoms with Crippen LogP contribution < -0.4 is 5.32 Å². The summed E-state index contributed by atoms with van der Waals surface area (Å²) >= 11 is 0. The normalized spacial score (nSPS) is 10.0. The van der Waals surface area contributed by atoms with Crippen molar-refractivity contribution in [1.82, 2.24) is 5.32 Å². The van der Waals surface area contributed by atoms with Crippen molar-refractivity contribution >= 4 is 5.91 Å². The highest BCUT2D eigenvalue weighted by molar-refractivity contribution is 5.77. The van der Waals surface area contributed by atoms with Crippen molar-refractivity contribution in [2.75, 3.05) is 6.54 Å². The van der Waals surface area contributed by atoms with Crippen molar-refractivity contribution in [2.45, 2.75) is 20.3 Å². The molecule has 0 atom stereocenters. The molecule has 1 amide bonds. The topological polar surface area (TPSA) is 29.1 Å². The van der Waals surface area contributed by atoms with Gasteiger partial charge in [-0.25, -0.2) is 0 Å². The standard InChI is InChI=1S/C7H13NO/c1-3-5-6-7(9)8-4-2/h3,5H,4,6H2,1-2H3,(H,8,9). The van der Waals surface area contributed by atoms with Crippen LogP contribution in [0.2, 0.25) is 0 Å². The van der Waals surface area contributed by atoms with E-state index in [9.17, 15) is 4.79 Å². The molecule has 0 aromatic carbocycles. The summed E-state index contributed by atoms with van der Waals surface area (Å²) in [5.74, 6) is 0.0931. The molecule has 0 bridgehead atoms. The van der Waals surface area contributed by atoms with Crippen molar-refractivity contribution in [2.24, 2.45) is 0 Å². The number of carbonyl (C=O) groups is 1. The first kappa shape index (κ1) is 8.21. The van der Waals surface area contributed by atoms with E-state index in [1.807, 2.05) is 26.0 Å². The lowest BCUT2D eigenvalue weighted by Crippen LogP contribution is -2.21. The van der Waals surface area contributed by atoms with Crippen molar-refractivity contribution in [3.63, 3.8) is 0 Å². The highest BCUT2D eigenvalue weighted by atomic mass is 16.1. The number of carbonyl (C=O) groups excluding carboxylic acids is 1. The van der Waals surface area contributed by atoms with Crippen molar-refractivity contribution in [3.05, 3.63) is 12.2 Å². The van der Waals surface area contributed by atoms with Crippen LogP contribution in [0.25, 0.3) is 0 Å². The van der Waals surface area contributed by atoms with E-state index in [4.69, 9.17) is 0 Å². The smallest absolute Gasteiger partial charge is 0.223 e. The van der Waals surface area contributed by atoms with E-state index in [2.05, 4.69) is 5.32 Å². The lowest BCUT2D eigenvalue weighted by atomic mass is 10.3. The Balaban J connectivity index is 3.27. The van der Waals surface area contributed by atoms with Crippen molar-refractivity contribution < 1.29 is 4.79 Å². The van der Waals surface area contributed by atoms with Crippen molar-refractivity contribution in [1.29, 1.82) is 0 Å². The molecule has 0 aliphatic carbocycles. The Hall–Kier alpha value is -0.790. The number of nitrogens with one attached hydrogen (secondary N) is 1. The quantitative estimate of drug-likeness (QED) is 0.565. The Morgan fingerprint density at radius 2 is 2.33 bits per heavy atom. The lowest BCUT2D eigenvalue weighted by molar-refractivity contribution is -0.120. The third-order valence-corrected chi connectivity index (χ3v) is 0.913. The number of hydrogen-bond acceptors (Lipinski definition) is 1. The molecule has 0 radical (unpaired) electrons. The zero-order valence-corrected chi connectivity index (χ0v) is 5.98. The molecule has 52 valence electrons. The monoisotopic (exact) mass is 127 g/mol. The van der Waals surface area contributed by atoms with Crippen LogP contribution in [0.15, 0.2) is 12.2 Å². The summed E-state index contributed by atoms with van der Waals surface area (Å²) in [6.07, 6.45) is 4.21. The lowest BCUT2D eigenvalue weighted by Gasteiger charge is -1.95. The minimum Gasteiger partial charge on any atom is -0.356 e. The summed E-state index contributed by atoms with van der Waals surface area (Å²) in [5.41, 5.74) is 0. The number of allylic oxidation sites excluding steroid dienone is 1. The van der Waals surface area contributed by atoms with Gasteiger partial charge in [-0.15, -0.1) is 0 Å². The molecule has 0 aromatic rings. The number of amides is 1. The van der Waals surface area contributed by atoms with Gasteiger partial charge in [0.25, 0.3) is 0 Å². The van der Waals surface area contributed by atoms with E-state index >= 15 is 0 Å². The first-order valence-corrected chi connectivity index (χ1v) is 3.19. The molecule has 2 nitrogen and oxygen atoms in total. The summed E-state index contributed by atoms with van der Waals surface area (Å²) < 4.78 is 0. The van der Waals surface area contributed by atoms with Crippen LogP contribution in [0.4, 0.5) is 0 Å². The molecule has 0 fully saturated rings. The summed E-state index contributed by atoms with van der Waals surface area (Å²) in [4.78, 5) is 10.6. The van der Waals surface area contributed by atoms with E-state index in [-0.39, 0.29) is 5.91 Å². The second kappa shape index (κ2) is 5.35. The molecule has 0 heterocycles. The minimum atomic E-state index is 0.0931. The van der Waals surface area contributed by atoms with Gasteiger partial charge in [-0.05, 0) is 13.8 Å². The van der Waals surface area contributed by atoms with Gasteiger partial charge in [0, 0.05) is 13.0 Å². The van der Waals surface area contributed by atoms with Crippen LogP contribution in [-0.4, -0.2) is 12.5 Å². The largest absolute Gasteiger partial charge is 0.356 e. The average Bonchev–Trinajstić information content (AvgIpc) is 1.85. The molecule has 0 aromatic heterocycles. The first-order chi connectivity index (χ1) is 4.31. The van der Waals surface area contributed by atoms with Crippen LogP contribution in [0.3, 0.4) is 0 Å². The molecule has 0 rings (SSSR count). The predicted molar refractivity (Wildman–Crippen MR) is 38.1 cm³/mol. The minimum absolute atomic E-state index is 0.0931. The third-order valence-electron chi connectivity index (χ3n) is 0.913. The predicted octanol–water partition coefficient (Wildman–Crippen LogP) is 1.09. The van der Waals surface area contributed by atoms with Gasteiger partial charge in [0.1, 0.15) is 0 Å². The number of hydrogen-bond donors (Lipinski definition) is 1. The van der Waals surface area contributed by atoms with E-state index in [0.717, 1.165) is 6.54 Å². The maximum Gasteiger partial charge on any atom is 0.223 e. The molecule has 0 unspecified atom stereocenters. The fraction of sp³-hybridized carbons (Fsp3) is 0.571. The van der Waals surface area contributed by atoms with E-state index in [1.54, 1.807) is 0 Å². The molecule has 9 heavy (non-hydrogen) atoms. The van der Waals surface area contributed by atoms with Gasteiger partial charge < -0.3 is 5.32 Å². The van der Waals surface area contributed by atoms with Crippen LogP contribution in [-0.2, 0) is 4.79 Å². The fourth-order valence-corrected chi connectivity index (χ4v) is 0.494. The molecule has 0 spiro atoms. The second-order valence-corrected chi connectivity index (χ2v) is 1.73. The summed E-state index contributed by atoms with van der Waals surface area (Å²) in [5, 5.41) is 2.69. The first-order valence-electron chi connectivity index (χ1n) is 3.19. The molecule has 0 saturated carbocycles. The summed E-state index contributed by atoms with van der Waals surface area (Å²) in [7, 11) is 0. The SMILES string of the molecule is CC=CCC(=O)NCC. The van der Waals surface area contributed by atoms with Crippen LogP contribution in [0.5, 0.6) is 0 Å². The molecule has 1 N–H and O–H groups in total. The Kier molecular flexibility index (Phi) is 4.88. The zero-order chi connectivity index (χ0) is 7.11. The van der Waals surface area contributed by atoms with Gasteiger partial charge in [0.15, 0.2) is 0 Å². The van der Waals surface area contributed by atoms with E-state index < -0.39 is 0 Å². The Morgan fingerprint density at radius 1 is 1.67 bits per heavy atom. The van der Waals surface area contributed by atoms with Crippen LogP contribution >= 0.6 is 0 Å². The highest BCUT2D eigenvalue weighted by Crippen LogP contribution is 1.80. The zero-order valence-electron chi connectivity index (χ0n) is 5.98. The van der Waals surface area contributed by atoms with E-state index in [1.165, 1.54) is 0 Å². The summed E-state index contributed by atoms with van der Waals surface area (Å²) in [6, 6.07) is 0. The van der Waals surface area contributed by atoms with Gasteiger partial charge in [-0.3, -0.25) is 4.79 Å². The van der Waals surface area contributed by atoms with Gasteiger partial charge >= 0.3 is 0 Å². The van der Waals surface area contributed by atoms with Gasteiger partial charge in [-0.1, -0.05) is 12.2 Å². The van der Waals surface area contributed by atoms with Crippen LogP contribution in [0, 0.1) is 0 Å². The molecule has 0 aliphatic heterocycles. The third kappa shape index (κ3) is 5.07. The summed E-state index contributed by atoms with van der Waals surface area (Å²) in [6.45, 7) is 4.53. The Labute approximate surface area is 56.0 Å². The maximum absolute atomic E-state index is 10.6. The molecular formula is C7H13NO. The number of rotatable bonds is 3. The average molecular weight is 127 g/mol. The Morgan fingerprint density at radius 3 is 2.78 bits per heavy atom. The highest BCUT2D eigenvalue weighted by Gasteiger charge is 1.91. The maximum atomic E-state index is 10.6. The van der Waals surface area contributed by atoms with E-state index in [0.29, 0.717) is 6.42 Å². The second-order valence-electron chi connectivity index (χ2n) is 1.73.